The van der Waals surface area contributed by atoms with Crippen molar-refractivity contribution in [3.8, 4) is 5.75 Å². The number of likely N-dealkylation sites (tertiary alicyclic amines) is 1. The standard InChI is InChI=1S/C29H35ClFN3O4.C13H14FNO3/c30-24-17-20(3-10-26(24)38-23-8-9-23)27(35)25(18-33-13-1-2-14-33)32-29(37)28(36)19-11-15-34(16-12-19)22-6-4-21(31)5-7-22;14-10-1-3-11(4-2-10)15-7-5-9(6-8-15)12(16)13(17)18/h3-7,10,17,19,23,25,27,35H,1-2,8-9,11-16,18H2,(H,32,37);1-4,9H,5-8H2,(H,17,18)/t25-,27-;/m1./s1. The minimum atomic E-state index is -1.35. The molecule has 3 saturated heterocycles. The molecular formula is C42H49ClF2N4O7. The van der Waals surface area contributed by atoms with Crippen LogP contribution >= 0.6 is 11.6 Å². The highest BCUT2D eigenvalue weighted by molar-refractivity contribution is 6.37. The van der Waals surface area contributed by atoms with Crippen molar-refractivity contribution < 1.29 is 42.9 Å². The second-order valence-corrected chi connectivity index (χ2v) is 15.5. The number of aliphatic hydroxyl groups excluding tert-OH is 1. The Bertz CT molecular complexity index is 1820. The maximum atomic E-state index is 13.3. The van der Waals surface area contributed by atoms with Crippen LogP contribution in [0.25, 0.3) is 0 Å². The molecule has 300 valence electrons. The largest absolute Gasteiger partial charge is 0.489 e. The van der Waals surface area contributed by atoms with Gasteiger partial charge in [-0.15, -0.1) is 0 Å². The maximum Gasteiger partial charge on any atom is 0.372 e. The molecule has 1 saturated carbocycles. The van der Waals surface area contributed by atoms with Crippen LogP contribution in [0.1, 0.15) is 63.0 Å². The topological polar surface area (TPSA) is 140 Å². The summed E-state index contributed by atoms with van der Waals surface area (Å²) in [5.41, 5.74) is 2.38. The lowest BCUT2D eigenvalue weighted by Gasteiger charge is -2.33. The smallest absolute Gasteiger partial charge is 0.372 e. The van der Waals surface area contributed by atoms with E-state index in [-0.39, 0.29) is 29.6 Å². The minimum Gasteiger partial charge on any atom is -0.489 e. The van der Waals surface area contributed by atoms with E-state index in [1.165, 1.54) is 24.3 Å². The van der Waals surface area contributed by atoms with E-state index in [2.05, 4.69) is 15.1 Å². The van der Waals surface area contributed by atoms with Crippen LogP contribution in [0.15, 0.2) is 66.7 Å². The number of carbonyl (C=O) groups is 4. The molecule has 4 aliphatic rings. The van der Waals surface area contributed by atoms with Crippen LogP contribution in [0.4, 0.5) is 20.2 Å². The summed E-state index contributed by atoms with van der Waals surface area (Å²) in [5.74, 6) is -3.91. The van der Waals surface area contributed by atoms with Crippen molar-refractivity contribution in [2.45, 2.75) is 69.6 Å². The number of piperidine rings is 2. The number of ketones is 2. The van der Waals surface area contributed by atoms with E-state index in [4.69, 9.17) is 21.4 Å². The first-order valence-electron chi connectivity index (χ1n) is 19.4. The number of hydrogen-bond donors (Lipinski definition) is 3. The number of amides is 1. The summed E-state index contributed by atoms with van der Waals surface area (Å²) in [6.07, 6.45) is 5.50. The van der Waals surface area contributed by atoms with Crippen molar-refractivity contribution in [2.75, 3.05) is 55.6 Å². The Hall–Kier alpha value is -4.59. The minimum absolute atomic E-state index is 0.207. The van der Waals surface area contributed by atoms with Crippen LogP contribution in [-0.4, -0.2) is 96.5 Å². The van der Waals surface area contributed by atoms with Gasteiger partial charge in [-0.3, -0.25) is 14.4 Å². The van der Waals surface area contributed by atoms with Crippen molar-refractivity contribution in [1.29, 1.82) is 0 Å². The molecule has 0 bridgehead atoms. The number of aliphatic carboxylic acids is 1. The number of hydrogen-bond acceptors (Lipinski definition) is 9. The van der Waals surface area contributed by atoms with E-state index in [0.717, 1.165) is 50.1 Å². The Morgan fingerprint density at radius 3 is 1.70 bits per heavy atom. The number of Topliss-reactive ketones (excluding diaryl/α,β-unsaturated/α-hetero) is 2. The average molecular weight is 795 g/mol. The van der Waals surface area contributed by atoms with E-state index >= 15 is 0 Å². The van der Waals surface area contributed by atoms with E-state index in [1.54, 1.807) is 42.5 Å². The number of carboxylic acids is 1. The van der Waals surface area contributed by atoms with Crippen LogP contribution in [0.3, 0.4) is 0 Å². The molecule has 3 aromatic carbocycles. The number of nitrogens with zero attached hydrogens (tertiary/aromatic N) is 3. The van der Waals surface area contributed by atoms with E-state index in [1.807, 2.05) is 4.90 Å². The molecule has 3 aliphatic heterocycles. The lowest BCUT2D eigenvalue weighted by Crippen LogP contribution is -2.50. The monoisotopic (exact) mass is 794 g/mol. The van der Waals surface area contributed by atoms with E-state index in [0.29, 0.717) is 74.7 Å². The highest BCUT2D eigenvalue weighted by atomic mass is 35.5. The van der Waals surface area contributed by atoms with Crippen molar-refractivity contribution in [2.24, 2.45) is 11.8 Å². The van der Waals surface area contributed by atoms with Gasteiger partial charge >= 0.3 is 5.97 Å². The Morgan fingerprint density at radius 2 is 1.23 bits per heavy atom. The van der Waals surface area contributed by atoms with Crippen molar-refractivity contribution in [3.63, 3.8) is 0 Å². The summed E-state index contributed by atoms with van der Waals surface area (Å²) in [7, 11) is 0. The normalized spacial score (nSPS) is 19.1. The third-order valence-corrected chi connectivity index (χ3v) is 11.3. The zero-order chi connectivity index (χ0) is 39.8. The van der Waals surface area contributed by atoms with Gasteiger partial charge in [-0.2, -0.15) is 0 Å². The van der Waals surface area contributed by atoms with Gasteiger partial charge in [0.05, 0.1) is 17.2 Å². The van der Waals surface area contributed by atoms with Crippen molar-refractivity contribution in [3.05, 3.63) is 89.0 Å². The first-order chi connectivity index (χ1) is 26.9. The molecule has 3 aromatic rings. The van der Waals surface area contributed by atoms with E-state index in [9.17, 15) is 33.1 Å². The summed E-state index contributed by atoms with van der Waals surface area (Å²) in [5, 5.41) is 23.2. The lowest BCUT2D eigenvalue weighted by molar-refractivity contribution is -0.151. The molecule has 1 amide bonds. The molecule has 11 nitrogen and oxygen atoms in total. The average Bonchev–Trinajstić information content (AvgIpc) is 3.89. The lowest BCUT2D eigenvalue weighted by atomic mass is 9.91. The molecule has 0 aromatic heterocycles. The first kappa shape index (κ1) is 41.1. The number of halogens is 3. The molecule has 2 atom stereocenters. The molecule has 0 radical (unpaired) electrons. The summed E-state index contributed by atoms with van der Waals surface area (Å²) < 4.78 is 31.8. The molecule has 4 fully saturated rings. The van der Waals surface area contributed by atoms with Crippen LogP contribution < -0.4 is 19.9 Å². The van der Waals surface area contributed by atoms with Crippen molar-refractivity contribution >= 4 is 46.4 Å². The van der Waals surface area contributed by atoms with Gasteiger partial charge in [-0.1, -0.05) is 17.7 Å². The number of benzene rings is 3. The fourth-order valence-electron chi connectivity index (χ4n) is 7.57. The van der Waals surface area contributed by atoms with Gasteiger partial charge in [0.2, 0.25) is 11.6 Å². The quantitative estimate of drug-likeness (QED) is 0.182. The Balaban J connectivity index is 0.000000247. The molecular weight excluding hydrogens is 746 g/mol. The Morgan fingerprint density at radius 1 is 0.732 bits per heavy atom. The number of aliphatic hydroxyl groups is 1. The van der Waals surface area contributed by atoms with Crippen LogP contribution in [0.5, 0.6) is 5.75 Å². The SMILES string of the molecule is O=C(N[C@H](CN1CCCC1)[C@H](O)c1ccc(OC2CC2)c(Cl)c1)C(=O)C1CCN(c2ccc(F)cc2)CC1.O=C(O)C(=O)C1CCN(c2ccc(F)cc2)CC1. The van der Waals surface area contributed by atoms with Gasteiger partial charge in [0.1, 0.15) is 23.5 Å². The number of anilines is 2. The van der Waals surface area contributed by atoms with Crippen LogP contribution in [0, 0.1) is 23.5 Å². The fraction of sp³-hybridized carbons (Fsp3) is 0.476. The van der Waals surface area contributed by atoms with Gasteiger partial charge in [0.15, 0.2) is 0 Å². The summed E-state index contributed by atoms with van der Waals surface area (Å²) in [6.45, 7) is 4.70. The molecule has 56 heavy (non-hydrogen) atoms. The van der Waals surface area contributed by atoms with Crippen LogP contribution in [-0.2, 0) is 19.2 Å². The zero-order valence-corrected chi connectivity index (χ0v) is 32.0. The molecule has 7 rings (SSSR count). The van der Waals surface area contributed by atoms with Gasteiger partial charge in [-0.05, 0) is 131 Å². The molecule has 0 unspecified atom stereocenters. The van der Waals surface area contributed by atoms with Crippen molar-refractivity contribution in [1.82, 2.24) is 10.2 Å². The second-order valence-electron chi connectivity index (χ2n) is 15.0. The second kappa shape index (κ2) is 19.0. The third-order valence-electron chi connectivity index (χ3n) is 11.0. The molecule has 14 heteroatoms. The highest BCUT2D eigenvalue weighted by Gasteiger charge is 2.34. The molecule has 3 heterocycles. The summed E-state index contributed by atoms with van der Waals surface area (Å²) >= 11 is 6.43. The maximum absolute atomic E-state index is 13.3. The van der Waals surface area contributed by atoms with Gasteiger partial charge in [-0.25, -0.2) is 13.6 Å². The number of nitrogens with one attached hydrogen (secondary N) is 1. The predicted molar refractivity (Wildman–Crippen MR) is 208 cm³/mol. The van der Waals surface area contributed by atoms with Crippen LogP contribution in [0.2, 0.25) is 5.02 Å². The molecule has 1 aliphatic carbocycles. The zero-order valence-electron chi connectivity index (χ0n) is 31.3. The van der Waals surface area contributed by atoms with E-state index < -0.39 is 35.6 Å². The fourth-order valence-corrected chi connectivity index (χ4v) is 7.80. The Kier molecular flexibility index (Phi) is 14.0. The van der Waals surface area contributed by atoms with Gasteiger partial charge in [0, 0.05) is 55.9 Å². The third kappa shape index (κ3) is 11.0. The molecule has 3 N–H and O–H groups in total. The first-order valence-corrected chi connectivity index (χ1v) is 19.8. The number of carboxylic acid groups (broad SMARTS) is 1. The Labute approximate surface area is 330 Å². The predicted octanol–water partition coefficient (Wildman–Crippen LogP) is 5.82. The number of ether oxygens (including phenoxy) is 1. The van der Waals surface area contributed by atoms with Gasteiger partial charge < -0.3 is 35.0 Å². The summed E-state index contributed by atoms with van der Waals surface area (Å²) in [4.78, 5) is 54.5. The summed E-state index contributed by atoms with van der Waals surface area (Å²) in [6, 6.07) is 17.0. The number of carbonyl (C=O) groups excluding carboxylic acids is 3. The highest BCUT2D eigenvalue weighted by Crippen LogP contribution is 2.34. The molecule has 0 spiro atoms. The van der Waals surface area contributed by atoms with Gasteiger partial charge in [0.25, 0.3) is 5.91 Å². The number of rotatable bonds is 13.